The van der Waals surface area contributed by atoms with Crippen LogP contribution in [0.2, 0.25) is 0 Å². The molecule has 0 radical (unpaired) electrons. The van der Waals surface area contributed by atoms with E-state index in [-0.39, 0.29) is 17.1 Å². The molecule has 0 bridgehead atoms. The zero-order valence-electron chi connectivity index (χ0n) is 16.5. The van der Waals surface area contributed by atoms with Crippen LogP contribution < -0.4 is 9.47 Å². The largest absolute Gasteiger partial charge is 0.493 e. The van der Waals surface area contributed by atoms with Crippen LogP contribution in [-0.4, -0.2) is 30.6 Å². The monoisotopic (exact) mass is 385 g/mol. The minimum Gasteiger partial charge on any atom is -0.493 e. The first-order valence-corrected chi connectivity index (χ1v) is 9.65. The van der Waals surface area contributed by atoms with Crippen LogP contribution in [0.3, 0.4) is 0 Å². The number of carbonyl (C=O) groups is 2. The van der Waals surface area contributed by atoms with Crippen LogP contribution in [0.4, 0.5) is 0 Å². The Morgan fingerprint density at radius 2 is 1.46 bits per heavy atom. The minimum absolute atomic E-state index is 0.0277. The van der Waals surface area contributed by atoms with Gasteiger partial charge in [-0.05, 0) is 30.7 Å². The van der Waals surface area contributed by atoms with Gasteiger partial charge in [0.1, 0.15) is 11.4 Å². The van der Waals surface area contributed by atoms with Crippen LogP contribution >= 0.6 is 0 Å². The lowest BCUT2D eigenvalue weighted by atomic mass is 10.1. The van der Waals surface area contributed by atoms with Gasteiger partial charge in [-0.25, -0.2) is 14.6 Å². The Morgan fingerprint density at radius 1 is 0.821 bits per heavy atom. The van der Waals surface area contributed by atoms with Gasteiger partial charge in [0.05, 0.1) is 13.7 Å². The second-order valence-corrected chi connectivity index (χ2v) is 6.35. The van der Waals surface area contributed by atoms with E-state index < -0.39 is 11.9 Å². The fourth-order valence-electron chi connectivity index (χ4n) is 2.64. The smallest absolute Gasteiger partial charge is 0.362 e. The maximum Gasteiger partial charge on any atom is 0.362 e. The number of carbonyl (C=O) groups excluding carboxylic acids is 2. The van der Waals surface area contributed by atoms with E-state index >= 15 is 0 Å². The van der Waals surface area contributed by atoms with Crippen LogP contribution in [0.25, 0.3) is 0 Å². The molecular weight excluding hydrogens is 358 g/mol. The van der Waals surface area contributed by atoms with Gasteiger partial charge in [0, 0.05) is 0 Å². The number of para-hydroxylation sites is 2. The number of esters is 2. The number of hydrogen-bond acceptors (Lipinski definition) is 6. The highest BCUT2D eigenvalue weighted by Gasteiger charge is 2.16. The molecule has 0 aliphatic carbocycles. The van der Waals surface area contributed by atoms with Crippen molar-refractivity contribution < 1.29 is 23.8 Å². The molecule has 2 aromatic rings. The van der Waals surface area contributed by atoms with E-state index in [1.54, 1.807) is 30.3 Å². The van der Waals surface area contributed by atoms with E-state index in [0.717, 1.165) is 19.3 Å². The van der Waals surface area contributed by atoms with Crippen LogP contribution in [0.1, 0.15) is 66.4 Å². The summed E-state index contributed by atoms with van der Waals surface area (Å²) in [7, 11) is 1.49. The van der Waals surface area contributed by atoms with Gasteiger partial charge in [-0.2, -0.15) is 0 Å². The number of rotatable bonds is 11. The maximum atomic E-state index is 12.4. The summed E-state index contributed by atoms with van der Waals surface area (Å²) in [6, 6.07) is 11.4. The molecule has 0 N–H and O–H groups in total. The number of hydrogen-bond donors (Lipinski definition) is 0. The standard InChI is InChI=1S/C22H27NO5/c1-3-4-5-6-7-10-16-27-21(24)17-12-11-13-18(23-17)22(25)28-20-15-9-8-14-19(20)26-2/h8-9,11-15H,3-7,10,16H2,1-2H3. The van der Waals surface area contributed by atoms with Crippen molar-refractivity contribution in [2.24, 2.45) is 0 Å². The van der Waals surface area contributed by atoms with Gasteiger partial charge in [0.25, 0.3) is 0 Å². The number of ether oxygens (including phenoxy) is 3. The number of pyridine rings is 1. The molecule has 0 aliphatic heterocycles. The molecule has 0 saturated heterocycles. The van der Waals surface area contributed by atoms with Crippen molar-refractivity contribution in [3.8, 4) is 11.5 Å². The van der Waals surface area contributed by atoms with Gasteiger partial charge in [0.15, 0.2) is 11.5 Å². The fraction of sp³-hybridized carbons (Fsp3) is 0.409. The van der Waals surface area contributed by atoms with Crippen LogP contribution in [0.15, 0.2) is 42.5 Å². The zero-order chi connectivity index (χ0) is 20.2. The van der Waals surface area contributed by atoms with Crippen molar-refractivity contribution in [1.29, 1.82) is 0 Å². The third-order valence-electron chi connectivity index (χ3n) is 4.17. The number of methoxy groups -OCH3 is 1. The quantitative estimate of drug-likeness (QED) is 0.313. The average Bonchev–Trinajstić information content (AvgIpc) is 2.73. The molecule has 6 heteroatoms. The first-order valence-electron chi connectivity index (χ1n) is 9.65. The van der Waals surface area contributed by atoms with Crippen LogP contribution in [0, 0.1) is 0 Å². The van der Waals surface area contributed by atoms with E-state index in [2.05, 4.69) is 11.9 Å². The predicted octanol–water partition coefficient (Wildman–Crippen LogP) is 4.83. The van der Waals surface area contributed by atoms with Gasteiger partial charge in [-0.1, -0.05) is 57.2 Å². The van der Waals surface area contributed by atoms with Gasteiger partial charge in [-0.3, -0.25) is 0 Å². The number of unbranched alkanes of at least 4 members (excludes halogenated alkanes) is 5. The highest BCUT2D eigenvalue weighted by Crippen LogP contribution is 2.26. The molecule has 150 valence electrons. The summed E-state index contributed by atoms with van der Waals surface area (Å²) >= 11 is 0. The van der Waals surface area contributed by atoms with Crippen molar-refractivity contribution in [1.82, 2.24) is 4.98 Å². The molecule has 1 aromatic carbocycles. The molecule has 0 unspecified atom stereocenters. The van der Waals surface area contributed by atoms with Gasteiger partial charge in [0.2, 0.25) is 0 Å². The van der Waals surface area contributed by atoms with Crippen molar-refractivity contribution in [3.63, 3.8) is 0 Å². The number of aromatic nitrogens is 1. The second kappa shape index (κ2) is 11.7. The van der Waals surface area contributed by atoms with Crippen molar-refractivity contribution in [3.05, 3.63) is 53.9 Å². The van der Waals surface area contributed by atoms with Gasteiger partial charge < -0.3 is 14.2 Å². The van der Waals surface area contributed by atoms with Crippen LogP contribution in [-0.2, 0) is 4.74 Å². The Balaban J connectivity index is 1.88. The molecule has 2 rings (SSSR count). The summed E-state index contributed by atoms with van der Waals surface area (Å²) in [6.07, 6.45) is 6.66. The molecule has 0 amide bonds. The van der Waals surface area contributed by atoms with E-state index in [9.17, 15) is 9.59 Å². The summed E-state index contributed by atoms with van der Waals surface area (Å²) in [5, 5.41) is 0. The van der Waals surface area contributed by atoms with E-state index in [1.807, 2.05) is 0 Å². The Bertz CT molecular complexity index is 775. The highest BCUT2D eigenvalue weighted by atomic mass is 16.6. The van der Waals surface area contributed by atoms with E-state index in [4.69, 9.17) is 14.2 Å². The third-order valence-corrected chi connectivity index (χ3v) is 4.17. The van der Waals surface area contributed by atoms with Gasteiger partial charge in [-0.15, -0.1) is 0 Å². The lowest BCUT2D eigenvalue weighted by molar-refractivity contribution is 0.0490. The molecule has 0 spiro atoms. The summed E-state index contributed by atoms with van der Waals surface area (Å²) in [4.78, 5) is 28.6. The predicted molar refractivity (Wildman–Crippen MR) is 106 cm³/mol. The lowest BCUT2D eigenvalue weighted by Gasteiger charge is -2.09. The second-order valence-electron chi connectivity index (χ2n) is 6.35. The topological polar surface area (TPSA) is 74.7 Å². The number of nitrogens with zero attached hydrogens (tertiary/aromatic N) is 1. The molecule has 28 heavy (non-hydrogen) atoms. The van der Waals surface area contributed by atoms with E-state index in [0.29, 0.717) is 12.4 Å². The molecular formula is C22H27NO5. The SMILES string of the molecule is CCCCCCCCOC(=O)c1cccc(C(=O)Oc2ccccc2OC)n1. The lowest BCUT2D eigenvalue weighted by Crippen LogP contribution is -2.15. The average molecular weight is 385 g/mol. The molecule has 0 fully saturated rings. The molecule has 0 saturated carbocycles. The summed E-state index contributed by atoms with van der Waals surface area (Å²) in [6.45, 7) is 2.53. The molecule has 0 aliphatic rings. The van der Waals surface area contributed by atoms with Crippen LogP contribution in [0.5, 0.6) is 11.5 Å². The van der Waals surface area contributed by atoms with Gasteiger partial charge >= 0.3 is 11.9 Å². The summed E-state index contributed by atoms with van der Waals surface area (Å²) in [5.41, 5.74) is 0.111. The highest BCUT2D eigenvalue weighted by molar-refractivity contribution is 5.92. The van der Waals surface area contributed by atoms with E-state index in [1.165, 1.54) is 38.5 Å². The molecule has 1 heterocycles. The molecule has 1 aromatic heterocycles. The fourth-order valence-corrected chi connectivity index (χ4v) is 2.64. The zero-order valence-corrected chi connectivity index (χ0v) is 16.5. The minimum atomic E-state index is -0.671. The summed E-state index contributed by atoms with van der Waals surface area (Å²) in [5.74, 6) is -0.492. The third kappa shape index (κ3) is 6.68. The van der Waals surface area contributed by atoms with Crippen molar-refractivity contribution in [2.75, 3.05) is 13.7 Å². The normalized spacial score (nSPS) is 10.4. The Morgan fingerprint density at radius 3 is 2.18 bits per heavy atom. The maximum absolute atomic E-state index is 12.4. The van der Waals surface area contributed by atoms with Crippen molar-refractivity contribution >= 4 is 11.9 Å². The Hall–Kier alpha value is -2.89. The summed E-state index contributed by atoms with van der Waals surface area (Å²) < 4.78 is 15.7. The number of benzene rings is 1. The molecule has 0 atom stereocenters. The first-order chi connectivity index (χ1) is 13.7. The Kier molecular flexibility index (Phi) is 8.98. The Labute approximate surface area is 165 Å². The molecule has 6 nitrogen and oxygen atoms in total. The van der Waals surface area contributed by atoms with Crippen molar-refractivity contribution in [2.45, 2.75) is 45.4 Å². The first kappa shape index (κ1) is 21.4.